The molecule has 1 aromatic rings. The van der Waals surface area contributed by atoms with Crippen molar-refractivity contribution in [2.24, 2.45) is 5.73 Å². The molecule has 18 heavy (non-hydrogen) atoms. The number of nitrogens with one attached hydrogen (secondary N) is 1. The first-order valence-electron chi connectivity index (χ1n) is 5.14. The fourth-order valence-corrected chi connectivity index (χ4v) is 2.20. The van der Waals surface area contributed by atoms with Gasteiger partial charge in [-0.3, -0.25) is 10.1 Å². The summed E-state index contributed by atoms with van der Waals surface area (Å²) >= 11 is 1.25. The number of methoxy groups -OCH3 is 1. The molecule has 0 heterocycles. The molecule has 0 aromatic heterocycles. The summed E-state index contributed by atoms with van der Waals surface area (Å²) in [4.78, 5) is 22.9. The number of ether oxygens (including phenoxy) is 1. The number of thioether (sulfide) groups is 1. The summed E-state index contributed by atoms with van der Waals surface area (Å²) in [6, 6.07) is 4.27. The van der Waals surface area contributed by atoms with Crippen LogP contribution < -0.4 is 21.5 Å². The normalized spacial score (nSPS) is 11.7. The molecule has 1 rings (SSSR count). The van der Waals surface area contributed by atoms with Crippen LogP contribution in [0, 0.1) is 0 Å². The van der Waals surface area contributed by atoms with Crippen molar-refractivity contribution < 1.29 is 14.3 Å². The van der Waals surface area contributed by atoms with E-state index in [-0.39, 0.29) is 0 Å². The molecule has 0 saturated carbocycles. The number of anilines is 1. The van der Waals surface area contributed by atoms with Gasteiger partial charge in [-0.2, -0.15) is 0 Å². The summed E-state index contributed by atoms with van der Waals surface area (Å²) < 4.78 is 5.16. The van der Waals surface area contributed by atoms with E-state index in [4.69, 9.17) is 16.2 Å². The molecule has 1 atom stereocenters. The number of hydrogen-bond acceptors (Lipinski definition) is 5. The summed E-state index contributed by atoms with van der Waals surface area (Å²) in [5, 5.41) is 1.55. The van der Waals surface area contributed by atoms with Gasteiger partial charge in [0, 0.05) is 11.8 Å². The lowest BCUT2D eigenvalue weighted by atomic mass is 10.3. The molecule has 0 fully saturated rings. The summed E-state index contributed by atoms with van der Waals surface area (Å²) in [5.74, 6) is 0.130. The predicted octanol–water partition coefficient (Wildman–Crippen LogP) is 0.953. The number of carbonyl (C=O) groups excluding carboxylic acids is 2. The van der Waals surface area contributed by atoms with E-state index in [1.165, 1.54) is 18.9 Å². The maximum atomic E-state index is 11.5. The Labute approximate surface area is 109 Å². The lowest BCUT2D eigenvalue weighted by Crippen LogP contribution is -2.39. The second-order valence-corrected chi connectivity index (χ2v) is 4.91. The summed E-state index contributed by atoms with van der Waals surface area (Å²) in [6.45, 7) is 1.67. The Morgan fingerprint density at radius 1 is 1.44 bits per heavy atom. The SMILES string of the molecule is COc1cc(N)ccc1SC(C)C(=O)NC(N)=O. The quantitative estimate of drug-likeness (QED) is 0.557. The van der Waals surface area contributed by atoms with Crippen LogP contribution in [0.2, 0.25) is 0 Å². The third kappa shape index (κ3) is 3.85. The molecule has 0 saturated heterocycles. The average Bonchev–Trinajstić information content (AvgIpc) is 2.30. The zero-order valence-electron chi connectivity index (χ0n) is 10.1. The van der Waals surface area contributed by atoms with Gasteiger partial charge in [0.25, 0.3) is 0 Å². The number of urea groups is 1. The molecule has 0 spiro atoms. The zero-order chi connectivity index (χ0) is 13.7. The van der Waals surface area contributed by atoms with Gasteiger partial charge in [-0.05, 0) is 19.1 Å². The summed E-state index contributed by atoms with van der Waals surface area (Å²) in [7, 11) is 1.52. The third-order valence-corrected chi connectivity index (χ3v) is 3.27. The van der Waals surface area contributed by atoms with E-state index in [1.807, 2.05) is 5.32 Å². The number of primary amides is 1. The second-order valence-electron chi connectivity index (χ2n) is 3.52. The first-order chi connectivity index (χ1) is 8.43. The number of imide groups is 1. The number of nitrogen functional groups attached to an aromatic ring is 1. The van der Waals surface area contributed by atoms with Crippen molar-refractivity contribution in [3.8, 4) is 5.75 Å². The monoisotopic (exact) mass is 269 g/mol. The minimum atomic E-state index is -0.864. The molecule has 6 nitrogen and oxygen atoms in total. The maximum Gasteiger partial charge on any atom is 0.318 e. The van der Waals surface area contributed by atoms with Crippen LogP contribution in [0.15, 0.2) is 23.1 Å². The van der Waals surface area contributed by atoms with Gasteiger partial charge in [0.1, 0.15) is 5.75 Å². The Morgan fingerprint density at radius 2 is 2.11 bits per heavy atom. The molecular formula is C11H15N3O3S. The van der Waals surface area contributed by atoms with Crippen LogP contribution in [0.4, 0.5) is 10.5 Å². The number of benzene rings is 1. The van der Waals surface area contributed by atoms with Crippen LogP contribution in [0.25, 0.3) is 0 Å². The van der Waals surface area contributed by atoms with Crippen LogP contribution in [-0.2, 0) is 4.79 Å². The third-order valence-electron chi connectivity index (χ3n) is 2.11. The minimum Gasteiger partial charge on any atom is -0.496 e. The smallest absolute Gasteiger partial charge is 0.318 e. The van der Waals surface area contributed by atoms with E-state index >= 15 is 0 Å². The number of carbonyl (C=O) groups is 2. The molecule has 98 valence electrons. The first kappa shape index (κ1) is 14.2. The molecular weight excluding hydrogens is 254 g/mol. The highest BCUT2D eigenvalue weighted by molar-refractivity contribution is 8.00. The molecule has 3 amide bonds. The van der Waals surface area contributed by atoms with Gasteiger partial charge in [0.05, 0.1) is 17.3 Å². The van der Waals surface area contributed by atoms with E-state index < -0.39 is 17.2 Å². The molecule has 0 radical (unpaired) electrons. The molecule has 7 heteroatoms. The van der Waals surface area contributed by atoms with Crippen LogP contribution in [0.1, 0.15) is 6.92 Å². The van der Waals surface area contributed by atoms with Crippen molar-refractivity contribution in [3.63, 3.8) is 0 Å². The second kappa shape index (κ2) is 6.15. The zero-order valence-corrected chi connectivity index (χ0v) is 10.9. The largest absolute Gasteiger partial charge is 0.496 e. The number of hydrogen-bond donors (Lipinski definition) is 3. The van der Waals surface area contributed by atoms with Gasteiger partial charge in [-0.15, -0.1) is 11.8 Å². The average molecular weight is 269 g/mol. The Balaban J connectivity index is 2.78. The van der Waals surface area contributed by atoms with Crippen LogP contribution in [0.5, 0.6) is 5.75 Å². The fraction of sp³-hybridized carbons (Fsp3) is 0.273. The van der Waals surface area contributed by atoms with E-state index in [2.05, 4.69) is 0 Å². The van der Waals surface area contributed by atoms with Crippen molar-refractivity contribution in [2.75, 3.05) is 12.8 Å². The van der Waals surface area contributed by atoms with Crippen molar-refractivity contribution in [3.05, 3.63) is 18.2 Å². The molecule has 0 aliphatic carbocycles. The molecule has 0 aliphatic heterocycles. The van der Waals surface area contributed by atoms with E-state index in [1.54, 1.807) is 25.1 Å². The Hall–Kier alpha value is -1.89. The highest BCUT2D eigenvalue weighted by Gasteiger charge is 2.17. The minimum absolute atomic E-state index is 0.452. The van der Waals surface area contributed by atoms with Crippen LogP contribution in [0.3, 0.4) is 0 Å². The van der Waals surface area contributed by atoms with Gasteiger partial charge >= 0.3 is 6.03 Å². The lowest BCUT2D eigenvalue weighted by molar-refractivity contribution is -0.119. The van der Waals surface area contributed by atoms with Gasteiger partial charge in [-0.25, -0.2) is 4.79 Å². The highest BCUT2D eigenvalue weighted by atomic mass is 32.2. The van der Waals surface area contributed by atoms with Crippen molar-refractivity contribution in [1.29, 1.82) is 0 Å². The topological polar surface area (TPSA) is 107 Å². The number of nitrogens with two attached hydrogens (primary N) is 2. The van der Waals surface area contributed by atoms with Gasteiger partial charge in [0.2, 0.25) is 5.91 Å². The van der Waals surface area contributed by atoms with E-state index in [0.717, 1.165) is 4.90 Å². The Bertz CT molecular complexity index is 465. The van der Waals surface area contributed by atoms with Gasteiger partial charge in [-0.1, -0.05) is 0 Å². The van der Waals surface area contributed by atoms with Gasteiger partial charge < -0.3 is 16.2 Å². The number of rotatable bonds is 4. The Kier molecular flexibility index (Phi) is 4.85. The van der Waals surface area contributed by atoms with E-state index in [9.17, 15) is 9.59 Å². The van der Waals surface area contributed by atoms with Crippen molar-refractivity contribution in [2.45, 2.75) is 17.1 Å². The summed E-state index contributed by atoms with van der Waals surface area (Å²) in [6.07, 6.45) is 0. The maximum absolute atomic E-state index is 11.5. The molecule has 1 aromatic carbocycles. The van der Waals surface area contributed by atoms with Crippen molar-refractivity contribution in [1.82, 2.24) is 5.32 Å². The van der Waals surface area contributed by atoms with Crippen LogP contribution >= 0.6 is 11.8 Å². The fourth-order valence-electron chi connectivity index (χ4n) is 1.25. The standard InChI is InChI=1S/C11H15N3O3S/c1-6(10(15)14-11(13)16)18-9-4-3-7(12)5-8(9)17-2/h3-6H,12H2,1-2H3,(H3,13,14,15,16). The van der Waals surface area contributed by atoms with Crippen LogP contribution in [-0.4, -0.2) is 24.3 Å². The summed E-state index contributed by atoms with van der Waals surface area (Å²) in [5.41, 5.74) is 11.1. The molecule has 0 bridgehead atoms. The van der Waals surface area contributed by atoms with E-state index in [0.29, 0.717) is 11.4 Å². The predicted molar refractivity (Wildman–Crippen MR) is 70.5 cm³/mol. The molecule has 5 N–H and O–H groups in total. The number of amides is 3. The Morgan fingerprint density at radius 3 is 2.67 bits per heavy atom. The van der Waals surface area contributed by atoms with Gasteiger partial charge in [0.15, 0.2) is 0 Å². The molecule has 1 unspecified atom stereocenters. The first-order valence-corrected chi connectivity index (χ1v) is 6.02. The highest BCUT2D eigenvalue weighted by Crippen LogP contribution is 2.33. The molecule has 0 aliphatic rings. The van der Waals surface area contributed by atoms with Crippen molar-refractivity contribution >= 4 is 29.4 Å². The lowest BCUT2D eigenvalue weighted by Gasteiger charge is -2.13.